The Kier molecular flexibility index (Phi) is 5.97. The van der Waals surface area contributed by atoms with E-state index >= 15 is 0 Å². The average Bonchev–Trinajstić information content (AvgIpc) is 3.38. The van der Waals surface area contributed by atoms with Crippen LogP contribution < -0.4 is 4.72 Å². The molecular weight excluding hydrogens is 453 g/mol. The number of nitrogens with one attached hydrogen (secondary N) is 1. The van der Waals surface area contributed by atoms with E-state index < -0.39 is 22.2 Å². The molecule has 3 aromatic rings. The number of aryl methyl sites for hydroxylation is 1. The van der Waals surface area contributed by atoms with Gasteiger partial charge in [-0.1, -0.05) is 25.0 Å². The summed E-state index contributed by atoms with van der Waals surface area (Å²) in [6, 6.07) is 7.79. The van der Waals surface area contributed by atoms with Gasteiger partial charge in [0, 0.05) is 12.2 Å². The third kappa shape index (κ3) is 4.35. The molecule has 174 valence electrons. The Labute approximate surface area is 190 Å². The Hall–Kier alpha value is -2.90. The number of nitrogens with zero attached hydrogens (tertiary/aromatic N) is 3. The third-order valence-corrected chi connectivity index (χ3v) is 7.60. The molecule has 1 aliphatic carbocycles. The van der Waals surface area contributed by atoms with Gasteiger partial charge in [0.25, 0.3) is 0 Å². The summed E-state index contributed by atoms with van der Waals surface area (Å²) in [6.45, 7) is 2.68. The average molecular weight is 477 g/mol. The fourth-order valence-corrected chi connectivity index (χ4v) is 5.60. The standard InChI is InChI=1S/C23H23F3N4O2S/c1-14-11-20-21(28-13-14)19(12-27)22(30(20)17-5-3-4-6-17)16-7-9-18(10-8-16)33(31,32)29-15(2)23(24,25)26/h7-11,13,15,17,29H,3-6H2,1-2H3. The number of benzene rings is 1. The highest BCUT2D eigenvalue weighted by Gasteiger charge is 2.39. The zero-order chi connectivity index (χ0) is 24.0. The van der Waals surface area contributed by atoms with Crippen molar-refractivity contribution in [3.05, 3.63) is 47.7 Å². The number of pyridine rings is 1. The third-order valence-electron chi connectivity index (χ3n) is 6.04. The highest BCUT2D eigenvalue weighted by atomic mass is 32.2. The van der Waals surface area contributed by atoms with Crippen molar-refractivity contribution in [2.75, 3.05) is 0 Å². The van der Waals surface area contributed by atoms with Gasteiger partial charge in [-0.15, -0.1) is 0 Å². The van der Waals surface area contributed by atoms with E-state index in [1.54, 1.807) is 10.9 Å². The molecule has 1 aromatic carbocycles. The van der Waals surface area contributed by atoms with Crippen molar-refractivity contribution in [1.29, 1.82) is 5.26 Å². The Morgan fingerprint density at radius 1 is 1.21 bits per heavy atom. The number of sulfonamides is 1. The van der Waals surface area contributed by atoms with E-state index in [4.69, 9.17) is 0 Å². The van der Waals surface area contributed by atoms with E-state index in [1.807, 2.05) is 13.0 Å². The van der Waals surface area contributed by atoms with Crippen molar-refractivity contribution in [2.45, 2.75) is 62.7 Å². The van der Waals surface area contributed by atoms with Crippen LogP contribution in [0.3, 0.4) is 0 Å². The maximum atomic E-state index is 12.8. The molecule has 0 spiro atoms. The molecule has 1 aliphatic rings. The number of hydrogen-bond donors (Lipinski definition) is 1. The number of nitriles is 1. The molecule has 1 fully saturated rings. The molecule has 0 radical (unpaired) electrons. The minimum Gasteiger partial charge on any atom is -0.335 e. The van der Waals surface area contributed by atoms with Crippen LogP contribution in [0.25, 0.3) is 22.3 Å². The summed E-state index contributed by atoms with van der Waals surface area (Å²) in [5.74, 6) is 0. The van der Waals surface area contributed by atoms with Crippen molar-refractivity contribution in [1.82, 2.24) is 14.3 Å². The van der Waals surface area contributed by atoms with Crippen LogP contribution in [0.4, 0.5) is 13.2 Å². The lowest BCUT2D eigenvalue weighted by Crippen LogP contribution is -2.42. The first-order valence-electron chi connectivity index (χ1n) is 10.6. The van der Waals surface area contributed by atoms with E-state index in [0.29, 0.717) is 22.3 Å². The number of rotatable bonds is 5. The second-order valence-corrected chi connectivity index (χ2v) is 10.1. The van der Waals surface area contributed by atoms with Crippen LogP contribution in [0.15, 0.2) is 41.4 Å². The summed E-state index contributed by atoms with van der Waals surface area (Å²) >= 11 is 0. The number of aromatic nitrogens is 2. The van der Waals surface area contributed by atoms with Crippen LogP contribution in [0.5, 0.6) is 0 Å². The number of alkyl halides is 3. The highest BCUT2D eigenvalue weighted by molar-refractivity contribution is 7.89. The summed E-state index contributed by atoms with van der Waals surface area (Å²) in [7, 11) is -4.37. The quantitative estimate of drug-likeness (QED) is 0.546. The van der Waals surface area contributed by atoms with Gasteiger partial charge in [-0.2, -0.15) is 23.2 Å². The maximum absolute atomic E-state index is 12.8. The maximum Gasteiger partial charge on any atom is 0.404 e. The highest BCUT2D eigenvalue weighted by Crippen LogP contribution is 2.41. The molecule has 0 aliphatic heterocycles. The first-order chi connectivity index (χ1) is 15.5. The molecule has 4 rings (SSSR count). The molecule has 0 amide bonds. The first-order valence-corrected chi connectivity index (χ1v) is 12.1. The van der Waals surface area contributed by atoms with Gasteiger partial charge < -0.3 is 4.57 Å². The summed E-state index contributed by atoms with van der Waals surface area (Å²) in [5, 5.41) is 9.95. The summed E-state index contributed by atoms with van der Waals surface area (Å²) in [5.41, 5.74) is 4.06. The van der Waals surface area contributed by atoms with E-state index in [1.165, 1.54) is 24.3 Å². The fourth-order valence-electron chi connectivity index (χ4n) is 4.37. The predicted molar refractivity (Wildman–Crippen MR) is 118 cm³/mol. The number of halogens is 3. The first kappa shape index (κ1) is 23.3. The van der Waals surface area contributed by atoms with E-state index in [-0.39, 0.29) is 10.9 Å². The van der Waals surface area contributed by atoms with E-state index in [2.05, 4.69) is 15.6 Å². The lowest BCUT2D eigenvalue weighted by Gasteiger charge is -2.19. The molecule has 2 aromatic heterocycles. The largest absolute Gasteiger partial charge is 0.404 e. The van der Waals surface area contributed by atoms with Crippen LogP contribution in [-0.2, 0) is 10.0 Å². The Bertz CT molecular complexity index is 1330. The van der Waals surface area contributed by atoms with E-state index in [0.717, 1.165) is 43.7 Å². The molecular formula is C23H23F3N4O2S. The molecule has 1 unspecified atom stereocenters. The second-order valence-electron chi connectivity index (χ2n) is 8.43. The molecule has 1 atom stereocenters. The van der Waals surface area contributed by atoms with Crippen LogP contribution in [0, 0.1) is 18.3 Å². The summed E-state index contributed by atoms with van der Waals surface area (Å²) in [4.78, 5) is 4.21. The van der Waals surface area contributed by atoms with Gasteiger partial charge in [0.15, 0.2) is 0 Å². The Balaban J connectivity index is 1.81. The lowest BCUT2D eigenvalue weighted by atomic mass is 10.1. The lowest BCUT2D eigenvalue weighted by molar-refractivity contribution is -0.147. The summed E-state index contributed by atoms with van der Waals surface area (Å²) < 4.78 is 67.1. The van der Waals surface area contributed by atoms with Gasteiger partial charge >= 0.3 is 6.18 Å². The zero-order valence-electron chi connectivity index (χ0n) is 18.1. The van der Waals surface area contributed by atoms with E-state index in [9.17, 15) is 26.9 Å². The fraction of sp³-hybridized carbons (Fsp3) is 0.391. The van der Waals surface area contributed by atoms with Gasteiger partial charge in [0.05, 0.1) is 16.1 Å². The smallest absolute Gasteiger partial charge is 0.335 e. The molecule has 6 nitrogen and oxygen atoms in total. The topological polar surface area (TPSA) is 87.8 Å². The van der Waals surface area contributed by atoms with Crippen molar-refractivity contribution in [3.63, 3.8) is 0 Å². The molecule has 0 bridgehead atoms. The minimum absolute atomic E-state index is 0.186. The Morgan fingerprint density at radius 3 is 2.42 bits per heavy atom. The molecule has 1 N–H and O–H groups in total. The molecule has 0 saturated heterocycles. The van der Waals surface area contributed by atoms with Gasteiger partial charge in [0.1, 0.15) is 23.2 Å². The SMILES string of the molecule is Cc1cnc2c(C#N)c(-c3ccc(S(=O)(=O)NC(C)C(F)(F)F)cc3)n(C3CCCC3)c2c1. The molecule has 1 saturated carbocycles. The number of fused-ring (bicyclic) bond motifs is 1. The number of hydrogen-bond acceptors (Lipinski definition) is 4. The zero-order valence-corrected chi connectivity index (χ0v) is 19.0. The van der Waals surface area contributed by atoms with Gasteiger partial charge in [-0.3, -0.25) is 4.98 Å². The summed E-state index contributed by atoms with van der Waals surface area (Å²) in [6.07, 6.45) is 1.08. The minimum atomic E-state index is -4.69. The predicted octanol–water partition coefficient (Wildman–Crippen LogP) is 5.23. The second kappa shape index (κ2) is 8.47. The van der Waals surface area contributed by atoms with Gasteiger partial charge in [-0.25, -0.2) is 8.42 Å². The van der Waals surface area contributed by atoms with Crippen molar-refractivity contribution in [2.24, 2.45) is 0 Å². The molecule has 33 heavy (non-hydrogen) atoms. The Morgan fingerprint density at radius 2 is 1.85 bits per heavy atom. The molecule has 2 heterocycles. The van der Waals surface area contributed by atoms with Crippen molar-refractivity contribution in [3.8, 4) is 17.3 Å². The van der Waals surface area contributed by atoms with Gasteiger partial charge in [0.2, 0.25) is 10.0 Å². The van der Waals surface area contributed by atoms with Crippen LogP contribution in [0.2, 0.25) is 0 Å². The van der Waals surface area contributed by atoms with Gasteiger partial charge in [-0.05, 0) is 56.0 Å². The van der Waals surface area contributed by atoms with Crippen LogP contribution >= 0.6 is 0 Å². The monoisotopic (exact) mass is 476 g/mol. The van der Waals surface area contributed by atoms with Crippen LogP contribution in [-0.4, -0.2) is 30.2 Å². The van der Waals surface area contributed by atoms with Crippen molar-refractivity contribution < 1.29 is 21.6 Å². The normalized spacial score (nSPS) is 16.2. The molecule has 10 heteroatoms. The van der Waals surface area contributed by atoms with Crippen LogP contribution in [0.1, 0.15) is 49.8 Å². The van der Waals surface area contributed by atoms with Crippen molar-refractivity contribution >= 4 is 21.1 Å².